The van der Waals surface area contributed by atoms with Gasteiger partial charge in [-0.3, -0.25) is 9.69 Å². The highest BCUT2D eigenvalue weighted by Gasteiger charge is 2.20. The largest absolute Gasteiger partial charge is 0.308 e. The lowest BCUT2D eigenvalue weighted by molar-refractivity contribution is -0.118. The van der Waals surface area contributed by atoms with Gasteiger partial charge in [0.2, 0.25) is 5.91 Å². The van der Waals surface area contributed by atoms with Crippen molar-refractivity contribution in [2.45, 2.75) is 20.3 Å². The Hall–Kier alpha value is -2.24. The zero-order valence-electron chi connectivity index (χ0n) is 15.8. The highest BCUT2D eigenvalue weighted by molar-refractivity contribution is 7.22. The number of aryl methyl sites for hydroxylation is 2. The molecular weight excluding hydrogens is 342 g/mol. The number of rotatable bonds is 6. The SMILES string of the molecule is Cc1ccc(CC(=O)N(CCN(C)C)c2nc3ccccc3s2)cc1C. The van der Waals surface area contributed by atoms with Crippen LogP contribution in [0.1, 0.15) is 16.7 Å². The Morgan fingerprint density at radius 2 is 1.81 bits per heavy atom. The summed E-state index contributed by atoms with van der Waals surface area (Å²) in [6, 6.07) is 14.3. The Balaban J connectivity index is 1.86. The van der Waals surface area contributed by atoms with Crippen LogP contribution in [0, 0.1) is 13.8 Å². The quantitative estimate of drug-likeness (QED) is 0.659. The molecule has 2 aromatic carbocycles. The van der Waals surface area contributed by atoms with Crippen LogP contribution in [0.4, 0.5) is 5.13 Å². The van der Waals surface area contributed by atoms with Crippen molar-refractivity contribution in [2.75, 3.05) is 32.1 Å². The Labute approximate surface area is 159 Å². The third kappa shape index (κ3) is 4.29. The van der Waals surface area contributed by atoms with Crippen molar-refractivity contribution >= 4 is 32.6 Å². The van der Waals surface area contributed by atoms with E-state index in [9.17, 15) is 4.79 Å². The second-order valence-electron chi connectivity index (χ2n) is 6.91. The first-order valence-electron chi connectivity index (χ1n) is 8.81. The van der Waals surface area contributed by atoms with E-state index >= 15 is 0 Å². The molecule has 3 aromatic rings. The molecule has 1 heterocycles. The number of fused-ring (bicyclic) bond motifs is 1. The van der Waals surface area contributed by atoms with Crippen LogP contribution in [0.5, 0.6) is 0 Å². The molecule has 0 spiro atoms. The standard InChI is InChI=1S/C21H25N3OS/c1-15-9-10-17(13-16(15)2)14-20(25)24(12-11-23(3)4)21-22-18-7-5-6-8-19(18)26-21/h5-10,13H,11-12,14H2,1-4H3. The highest BCUT2D eigenvalue weighted by Crippen LogP contribution is 2.29. The van der Waals surface area contributed by atoms with Crippen LogP contribution < -0.4 is 4.90 Å². The number of amides is 1. The monoisotopic (exact) mass is 367 g/mol. The number of hydrogen-bond donors (Lipinski definition) is 0. The summed E-state index contributed by atoms with van der Waals surface area (Å²) in [6.07, 6.45) is 0.393. The average molecular weight is 368 g/mol. The van der Waals surface area contributed by atoms with Gasteiger partial charge in [-0.05, 0) is 56.8 Å². The third-order valence-electron chi connectivity index (χ3n) is 4.51. The molecule has 0 aliphatic rings. The molecule has 0 saturated heterocycles. The fraction of sp³-hybridized carbons (Fsp3) is 0.333. The van der Waals surface area contributed by atoms with Crippen molar-refractivity contribution in [1.82, 2.24) is 9.88 Å². The molecule has 1 aromatic heterocycles. The van der Waals surface area contributed by atoms with E-state index in [-0.39, 0.29) is 5.91 Å². The molecule has 4 nitrogen and oxygen atoms in total. The maximum Gasteiger partial charge on any atom is 0.233 e. The van der Waals surface area contributed by atoms with Crippen LogP contribution in [0.25, 0.3) is 10.2 Å². The molecule has 0 saturated carbocycles. The number of likely N-dealkylation sites (N-methyl/N-ethyl adjacent to an activating group) is 1. The van der Waals surface area contributed by atoms with Gasteiger partial charge in [0.25, 0.3) is 0 Å². The number of thiazole rings is 1. The average Bonchev–Trinajstić information content (AvgIpc) is 3.01. The van der Waals surface area contributed by atoms with Crippen LogP contribution in [-0.2, 0) is 11.2 Å². The molecule has 0 N–H and O–H groups in total. The lowest BCUT2D eigenvalue weighted by Gasteiger charge is -2.22. The van der Waals surface area contributed by atoms with Gasteiger partial charge < -0.3 is 4.90 Å². The van der Waals surface area contributed by atoms with Crippen LogP contribution >= 0.6 is 11.3 Å². The molecular formula is C21H25N3OS. The molecule has 136 valence electrons. The van der Waals surface area contributed by atoms with Crippen molar-refractivity contribution in [3.05, 3.63) is 59.2 Å². The van der Waals surface area contributed by atoms with E-state index in [0.29, 0.717) is 13.0 Å². The Morgan fingerprint density at radius 3 is 2.50 bits per heavy atom. The summed E-state index contributed by atoms with van der Waals surface area (Å²) < 4.78 is 1.11. The van der Waals surface area contributed by atoms with Crippen molar-refractivity contribution in [3.8, 4) is 0 Å². The van der Waals surface area contributed by atoms with Gasteiger partial charge in [0, 0.05) is 13.1 Å². The van der Waals surface area contributed by atoms with Crippen LogP contribution in [-0.4, -0.2) is 43.0 Å². The van der Waals surface area contributed by atoms with E-state index in [1.165, 1.54) is 11.1 Å². The van der Waals surface area contributed by atoms with Crippen LogP contribution in [0.3, 0.4) is 0 Å². The van der Waals surface area contributed by atoms with Gasteiger partial charge in [-0.1, -0.05) is 41.7 Å². The number of benzene rings is 2. The number of nitrogens with zero attached hydrogens (tertiary/aromatic N) is 3. The Bertz CT molecular complexity index is 884. The van der Waals surface area contributed by atoms with Crippen molar-refractivity contribution < 1.29 is 4.79 Å². The second kappa shape index (κ2) is 7.98. The molecule has 0 unspecified atom stereocenters. The van der Waals surface area contributed by atoms with Gasteiger partial charge in [0.15, 0.2) is 5.13 Å². The van der Waals surface area contributed by atoms with Crippen molar-refractivity contribution in [3.63, 3.8) is 0 Å². The molecule has 0 fully saturated rings. The maximum absolute atomic E-state index is 13.1. The number of aromatic nitrogens is 1. The Morgan fingerprint density at radius 1 is 1.04 bits per heavy atom. The van der Waals surface area contributed by atoms with Gasteiger partial charge in [0.05, 0.1) is 16.6 Å². The van der Waals surface area contributed by atoms with Crippen LogP contribution in [0.2, 0.25) is 0 Å². The van der Waals surface area contributed by atoms with Crippen molar-refractivity contribution in [1.29, 1.82) is 0 Å². The number of carbonyl (C=O) groups is 1. The molecule has 0 aliphatic carbocycles. The number of carbonyl (C=O) groups excluding carboxylic acids is 1. The minimum Gasteiger partial charge on any atom is -0.308 e. The first kappa shape index (κ1) is 18.5. The van der Waals surface area contributed by atoms with E-state index < -0.39 is 0 Å². The topological polar surface area (TPSA) is 36.4 Å². The zero-order valence-corrected chi connectivity index (χ0v) is 16.6. The van der Waals surface area contributed by atoms with E-state index in [2.05, 4.69) is 36.9 Å². The van der Waals surface area contributed by atoms with Gasteiger partial charge in [-0.2, -0.15) is 0 Å². The van der Waals surface area contributed by atoms with E-state index in [1.54, 1.807) is 11.3 Å². The van der Waals surface area contributed by atoms with Gasteiger partial charge in [-0.15, -0.1) is 0 Å². The van der Waals surface area contributed by atoms with Crippen LogP contribution in [0.15, 0.2) is 42.5 Å². The fourth-order valence-electron chi connectivity index (χ4n) is 2.79. The smallest absolute Gasteiger partial charge is 0.233 e. The number of hydrogen-bond acceptors (Lipinski definition) is 4. The second-order valence-corrected chi connectivity index (χ2v) is 7.92. The summed E-state index contributed by atoms with van der Waals surface area (Å²) in [5.41, 5.74) is 4.46. The third-order valence-corrected chi connectivity index (χ3v) is 5.57. The predicted octanol–water partition coefficient (Wildman–Crippen LogP) is 4.05. The number of para-hydroxylation sites is 1. The highest BCUT2D eigenvalue weighted by atomic mass is 32.1. The van der Waals surface area contributed by atoms with Gasteiger partial charge >= 0.3 is 0 Å². The molecule has 3 rings (SSSR count). The van der Waals surface area contributed by atoms with E-state index in [1.807, 2.05) is 43.3 Å². The summed E-state index contributed by atoms with van der Waals surface area (Å²) >= 11 is 1.58. The maximum atomic E-state index is 13.1. The predicted molar refractivity (Wildman–Crippen MR) is 110 cm³/mol. The van der Waals surface area contributed by atoms with Gasteiger partial charge in [0.1, 0.15) is 0 Å². The lowest BCUT2D eigenvalue weighted by Crippen LogP contribution is -2.37. The first-order chi connectivity index (χ1) is 12.4. The summed E-state index contributed by atoms with van der Waals surface area (Å²) in [4.78, 5) is 21.7. The van der Waals surface area contributed by atoms with E-state index in [4.69, 9.17) is 4.98 Å². The van der Waals surface area contributed by atoms with E-state index in [0.717, 1.165) is 27.5 Å². The minimum absolute atomic E-state index is 0.0918. The molecule has 1 amide bonds. The molecule has 0 atom stereocenters. The van der Waals surface area contributed by atoms with Crippen molar-refractivity contribution in [2.24, 2.45) is 0 Å². The molecule has 5 heteroatoms. The Kier molecular flexibility index (Phi) is 5.69. The van der Waals surface area contributed by atoms with Gasteiger partial charge in [-0.25, -0.2) is 4.98 Å². The zero-order chi connectivity index (χ0) is 18.7. The lowest BCUT2D eigenvalue weighted by atomic mass is 10.0. The first-order valence-corrected chi connectivity index (χ1v) is 9.62. The molecule has 26 heavy (non-hydrogen) atoms. The molecule has 0 radical (unpaired) electrons. The summed E-state index contributed by atoms with van der Waals surface area (Å²) in [6.45, 7) is 5.61. The fourth-order valence-corrected chi connectivity index (χ4v) is 3.79. The number of anilines is 1. The summed E-state index contributed by atoms with van der Waals surface area (Å²) in [5.74, 6) is 0.0918. The minimum atomic E-state index is 0.0918. The normalized spacial score (nSPS) is 11.3. The molecule has 0 aliphatic heterocycles. The molecule has 0 bridgehead atoms. The summed E-state index contributed by atoms with van der Waals surface area (Å²) in [7, 11) is 4.04. The summed E-state index contributed by atoms with van der Waals surface area (Å²) in [5, 5.41) is 0.780.